The van der Waals surface area contributed by atoms with Gasteiger partial charge in [-0.05, 0) is 26.6 Å². The van der Waals surface area contributed by atoms with Crippen molar-refractivity contribution < 1.29 is 5.11 Å². The third-order valence-electron chi connectivity index (χ3n) is 1.34. The molecule has 0 aliphatic carbocycles. The van der Waals surface area contributed by atoms with Crippen LogP contribution in [0.5, 0.6) is 0 Å². The molecule has 1 N–H and O–H groups in total. The van der Waals surface area contributed by atoms with Crippen LogP contribution in [0.3, 0.4) is 0 Å². The Hall–Kier alpha value is 0.270. The molecular formula is C8H21NOS. The predicted octanol–water partition coefficient (Wildman–Crippen LogP) is 1.60. The minimum Gasteiger partial charge on any atom is -0.383 e. The maximum absolute atomic E-state index is 7.92. The van der Waals surface area contributed by atoms with Crippen LogP contribution in [0, 0.1) is 0 Å². The van der Waals surface area contributed by atoms with Crippen molar-refractivity contribution in [2.75, 3.05) is 19.6 Å². The van der Waals surface area contributed by atoms with E-state index in [-0.39, 0.29) is 0 Å². The first-order valence-corrected chi connectivity index (χ1v) is 4.68. The standard InChI is InChI=1S/C6H15N.C2H6OS/c1-4-7(5-2)6-3;1-2(3)4/h4-6H2,1-3H3;2-4H,1H3. The van der Waals surface area contributed by atoms with Crippen molar-refractivity contribution in [3.05, 3.63) is 0 Å². The smallest absolute Gasteiger partial charge is 0.0936 e. The van der Waals surface area contributed by atoms with Crippen LogP contribution in [0.25, 0.3) is 0 Å². The van der Waals surface area contributed by atoms with Crippen LogP contribution in [0.4, 0.5) is 0 Å². The van der Waals surface area contributed by atoms with Gasteiger partial charge in [0.25, 0.3) is 0 Å². The molecule has 0 aliphatic rings. The highest BCUT2D eigenvalue weighted by Gasteiger charge is 1.89. The van der Waals surface area contributed by atoms with E-state index in [2.05, 4.69) is 38.3 Å². The van der Waals surface area contributed by atoms with Gasteiger partial charge in [-0.3, -0.25) is 0 Å². The molecule has 0 spiro atoms. The van der Waals surface area contributed by atoms with E-state index in [1.807, 2.05) is 0 Å². The van der Waals surface area contributed by atoms with Crippen LogP contribution in [0.1, 0.15) is 27.7 Å². The average Bonchev–Trinajstić information content (AvgIpc) is 1.90. The van der Waals surface area contributed by atoms with Crippen molar-refractivity contribution in [2.45, 2.75) is 33.1 Å². The molecule has 0 saturated carbocycles. The molecule has 1 unspecified atom stereocenters. The molecule has 0 rings (SSSR count). The molecule has 0 aromatic carbocycles. The molecule has 3 heteroatoms. The normalized spacial score (nSPS) is 12.3. The highest BCUT2D eigenvalue weighted by atomic mass is 32.1. The predicted molar refractivity (Wildman–Crippen MR) is 54.1 cm³/mol. The zero-order valence-electron chi connectivity index (χ0n) is 8.04. The second-order valence-electron chi connectivity index (χ2n) is 2.25. The quantitative estimate of drug-likeness (QED) is 0.508. The second-order valence-corrected chi connectivity index (χ2v) is 3.00. The molecule has 0 bridgehead atoms. The van der Waals surface area contributed by atoms with Crippen LogP contribution < -0.4 is 0 Å². The first-order chi connectivity index (χ1) is 5.08. The Kier molecular flexibility index (Phi) is 12.9. The number of aliphatic hydroxyl groups excluding tert-OH is 1. The molecule has 11 heavy (non-hydrogen) atoms. The lowest BCUT2D eigenvalue weighted by Gasteiger charge is -2.13. The highest BCUT2D eigenvalue weighted by molar-refractivity contribution is 7.80. The summed E-state index contributed by atoms with van der Waals surface area (Å²) in [5, 5.41) is 7.92. The fraction of sp³-hybridized carbons (Fsp3) is 1.00. The van der Waals surface area contributed by atoms with Crippen LogP contribution in [0.15, 0.2) is 0 Å². The molecule has 1 atom stereocenters. The van der Waals surface area contributed by atoms with Crippen molar-refractivity contribution in [1.82, 2.24) is 4.90 Å². The van der Waals surface area contributed by atoms with E-state index in [0.717, 1.165) is 0 Å². The Morgan fingerprint density at radius 3 is 1.36 bits per heavy atom. The minimum atomic E-state index is -0.472. The summed E-state index contributed by atoms with van der Waals surface area (Å²) in [7, 11) is 0. The van der Waals surface area contributed by atoms with E-state index in [1.54, 1.807) is 6.92 Å². The molecule has 0 heterocycles. The number of rotatable bonds is 3. The molecular weight excluding hydrogens is 158 g/mol. The van der Waals surface area contributed by atoms with E-state index in [1.165, 1.54) is 19.6 Å². The topological polar surface area (TPSA) is 23.5 Å². The van der Waals surface area contributed by atoms with Gasteiger partial charge in [0.2, 0.25) is 0 Å². The first-order valence-electron chi connectivity index (χ1n) is 4.16. The lowest BCUT2D eigenvalue weighted by Crippen LogP contribution is -2.21. The number of hydrogen-bond acceptors (Lipinski definition) is 3. The maximum Gasteiger partial charge on any atom is 0.0936 e. The Morgan fingerprint density at radius 2 is 1.36 bits per heavy atom. The Labute approximate surface area is 76.0 Å². The summed E-state index contributed by atoms with van der Waals surface area (Å²) < 4.78 is 0. The number of thiol groups is 1. The van der Waals surface area contributed by atoms with Crippen LogP contribution in [0.2, 0.25) is 0 Å². The zero-order valence-corrected chi connectivity index (χ0v) is 8.93. The van der Waals surface area contributed by atoms with Gasteiger partial charge >= 0.3 is 0 Å². The van der Waals surface area contributed by atoms with Crippen molar-refractivity contribution in [2.24, 2.45) is 0 Å². The van der Waals surface area contributed by atoms with E-state index in [0.29, 0.717) is 0 Å². The van der Waals surface area contributed by atoms with E-state index < -0.39 is 5.44 Å². The minimum absolute atomic E-state index is 0.472. The van der Waals surface area contributed by atoms with Gasteiger partial charge in [-0.25, -0.2) is 0 Å². The number of aliphatic hydroxyl groups is 1. The van der Waals surface area contributed by atoms with Crippen molar-refractivity contribution in [1.29, 1.82) is 0 Å². The molecule has 0 radical (unpaired) electrons. The summed E-state index contributed by atoms with van der Waals surface area (Å²) in [6, 6.07) is 0. The van der Waals surface area contributed by atoms with Gasteiger partial charge in [-0.1, -0.05) is 20.8 Å². The van der Waals surface area contributed by atoms with Crippen molar-refractivity contribution in [3.8, 4) is 0 Å². The maximum atomic E-state index is 7.92. The Balaban J connectivity index is 0. The van der Waals surface area contributed by atoms with Gasteiger partial charge in [0.05, 0.1) is 5.44 Å². The third kappa shape index (κ3) is 17.9. The van der Waals surface area contributed by atoms with Gasteiger partial charge in [0, 0.05) is 0 Å². The number of nitrogens with zero attached hydrogens (tertiary/aromatic N) is 1. The monoisotopic (exact) mass is 179 g/mol. The molecule has 0 fully saturated rings. The van der Waals surface area contributed by atoms with Gasteiger partial charge in [0.1, 0.15) is 0 Å². The molecule has 0 saturated heterocycles. The van der Waals surface area contributed by atoms with Crippen molar-refractivity contribution in [3.63, 3.8) is 0 Å². The molecule has 0 amide bonds. The van der Waals surface area contributed by atoms with Gasteiger partial charge in [-0.2, -0.15) is 0 Å². The summed E-state index contributed by atoms with van der Waals surface area (Å²) >= 11 is 3.52. The van der Waals surface area contributed by atoms with Crippen LogP contribution in [-0.2, 0) is 0 Å². The first kappa shape index (κ1) is 13.8. The van der Waals surface area contributed by atoms with E-state index in [4.69, 9.17) is 5.11 Å². The van der Waals surface area contributed by atoms with E-state index in [9.17, 15) is 0 Å². The van der Waals surface area contributed by atoms with Gasteiger partial charge in [0.15, 0.2) is 0 Å². The lowest BCUT2D eigenvalue weighted by molar-refractivity contribution is 0.286. The summed E-state index contributed by atoms with van der Waals surface area (Å²) in [5.74, 6) is 0. The van der Waals surface area contributed by atoms with Crippen LogP contribution >= 0.6 is 12.6 Å². The van der Waals surface area contributed by atoms with Crippen LogP contribution in [-0.4, -0.2) is 35.1 Å². The lowest BCUT2D eigenvalue weighted by atomic mass is 10.5. The fourth-order valence-electron chi connectivity index (χ4n) is 0.671. The summed E-state index contributed by atoms with van der Waals surface area (Å²) in [6.45, 7) is 11.7. The largest absolute Gasteiger partial charge is 0.383 e. The summed E-state index contributed by atoms with van der Waals surface area (Å²) in [4.78, 5) is 2.38. The van der Waals surface area contributed by atoms with Gasteiger partial charge in [-0.15, -0.1) is 12.6 Å². The zero-order chi connectivity index (χ0) is 9.28. The highest BCUT2D eigenvalue weighted by Crippen LogP contribution is 1.81. The summed E-state index contributed by atoms with van der Waals surface area (Å²) in [5.41, 5.74) is -0.472. The molecule has 0 aromatic heterocycles. The molecule has 0 aliphatic heterocycles. The summed E-state index contributed by atoms with van der Waals surface area (Å²) in [6.07, 6.45) is 0. The average molecular weight is 179 g/mol. The fourth-order valence-corrected chi connectivity index (χ4v) is 0.671. The van der Waals surface area contributed by atoms with Gasteiger partial charge < -0.3 is 10.0 Å². The Morgan fingerprint density at radius 1 is 1.18 bits per heavy atom. The molecule has 0 aromatic rings. The molecule has 2 nitrogen and oxygen atoms in total. The third-order valence-corrected chi connectivity index (χ3v) is 1.34. The molecule has 70 valence electrons. The Bertz CT molecular complexity index is 56.8. The van der Waals surface area contributed by atoms with Crippen molar-refractivity contribution >= 4 is 12.6 Å². The number of hydrogen-bond donors (Lipinski definition) is 2. The second kappa shape index (κ2) is 10.3. The van der Waals surface area contributed by atoms with E-state index >= 15 is 0 Å². The SMILES string of the molecule is CC(O)S.CCN(CC)CC.